The van der Waals surface area contributed by atoms with Gasteiger partial charge in [-0.15, -0.1) is 0 Å². The van der Waals surface area contributed by atoms with E-state index in [2.05, 4.69) is 59.3 Å². The summed E-state index contributed by atoms with van der Waals surface area (Å²) in [5.41, 5.74) is 3.99. The van der Waals surface area contributed by atoms with Gasteiger partial charge < -0.3 is 9.64 Å². The van der Waals surface area contributed by atoms with Gasteiger partial charge in [-0.3, -0.25) is 10.5 Å². The van der Waals surface area contributed by atoms with Gasteiger partial charge in [-0.2, -0.15) is 5.10 Å². The summed E-state index contributed by atoms with van der Waals surface area (Å²) in [6, 6.07) is -0.0313. The van der Waals surface area contributed by atoms with Crippen LogP contribution in [0.25, 0.3) is 0 Å². The van der Waals surface area contributed by atoms with Gasteiger partial charge in [0.25, 0.3) is 0 Å². The summed E-state index contributed by atoms with van der Waals surface area (Å²) in [7, 11) is 5.89. The van der Waals surface area contributed by atoms with Crippen molar-refractivity contribution in [2.45, 2.75) is 44.8 Å². The summed E-state index contributed by atoms with van der Waals surface area (Å²) in [6.45, 7) is 5.70. The lowest BCUT2D eigenvalue weighted by molar-refractivity contribution is 0.0824. The van der Waals surface area contributed by atoms with Crippen LogP contribution >= 0.6 is 15.9 Å². The van der Waals surface area contributed by atoms with Crippen molar-refractivity contribution in [3.63, 3.8) is 0 Å². The molecule has 1 aromatic heterocycles. The third-order valence-corrected chi connectivity index (χ3v) is 5.04. The minimum absolute atomic E-state index is 0.0313. The van der Waals surface area contributed by atoms with Gasteiger partial charge in [-0.05, 0) is 42.9 Å². The Bertz CT molecular complexity index is 431. The fourth-order valence-corrected chi connectivity index (χ4v) is 3.58. The van der Waals surface area contributed by atoms with Crippen molar-refractivity contribution in [2.75, 3.05) is 27.8 Å². The van der Waals surface area contributed by atoms with Gasteiger partial charge in [0.05, 0.1) is 35.6 Å². The second-order valence-corrected chi connectivity index (χ2v) is 6.25. The van der Waals surface area contributed by atoms with Crippen molar-refractivity contribution in [3.05, 3.63) is 16.4 Å². The van der Waals surface area contributed by atoms with E-state index in [1.807, 2.05) is 10.9 Å². The van der Waals surface area contributed by atoms with E-state index in [1.54, 1.807) is 7.11 Å². The zero-order valence-electron chi connectivity index (χ0n) is 13.7. The van der Waals surface area contributed by atoms with Crippen LogP contribution in [0.3, 0.4) is 0 Å². The molecule has 0 aliphatic carbocycles. The zero-order chi connectivity index (χ0) is 16.0. The van der Waals surface area contributed by atoms with Crippen LogP contribution in [0.4, 0.5) is 0 Å². The Labute approximate surface area is 136 Å². The minimum atomic E-state index is -0.0812. The molecule has 21 heavy (non-hydrogen) atoms. The smallest absolute Gasteiger partial charge is 0.0823 e. The molecule has 0 radical (unpaired) electrons. The maximum absolute atomic E-state index is 5.94. The first kappa shape index (κ1) is 18.6. The van der Waals surface area contributed by atoms with Gasteiger partial charge in [-0.1, -0.05) is 13.8 Å². The molecule has 6 nitrogen and oxygen atoms in total. The number of likely N-dealkylation sites (N-methyl/N-ethyl adjacent to an activating group) is 1. The fraction of sp³-hybridized carbons (Fsp3) is 0.786. The Morgan fingerprint density at radius 3 is 2.52 bits per heavy atom. The number of hydrogen-bond acceptors (Lipinski definition) is 5. The summed E-state index contributed by atoms with van der Waals surface area (Å²) in [5, 5.41) is 4.44. The lowest BCUT2D eigenvalue weighted by Gasteiger charge is -2.45. The molecule has 0 fully saturated rings. The van der Waals surface area contributed by atoms with Gasteiger partial charge in [0.15, 0.2) is 0 Å². The second-order valence-electron chi connectivity index (χ2n) is 5.40. The lowest BCUT2D eigenvalue weighted by atomic mass is 9.81. The minimum Gasteiger partial charge on any atom is -0.383 e. The first-order valence-corrected chi connectivity index (χ1v) is 8.11. The Morgan fingerprint density at radius 1 is 1.48 bits per heavy atom. The molecule has 0 saturated carbocycles. The summed E-state index contributed by atoms with van der Waals surface area (Å²) in [6.07, 6.45) is 3.78. The molecule has 0 bridgehead atoms. The molecule has 7 heteroatoms. The summed E-state index contributed by atoms with van der Waals surface area (Å²) < 4.78 is 8.10. The van der Waals surface area contributed by atoms with Crippen LogP contribution in [0.1, 0.15) is 38.4 Å². The Morgan fingerprint density at radius 2 is 2.10 bits per heavy atom. The molecule has 0 saturated heterocycles. The number of nitrogens with two attached hydrogens (primary N) is 1. The maximum atomic E-state index is 5.94. The van der Waals surface area contributed by atoms with Crippen LogP contribution in [0.5, 0.6) is 0 Å². The van der Waals surface area contributed by atoms with Gasteiger partial charge in [0.2, 0.25) is 0 Å². The molecule has 1 atom stereocenters. The molecule has 0 aromatic carbocycles. The van der Waals surface area contributed by atoms with Crippen LogP contribution < -0.4 is 11.3 Å². The first-order chi connectivity index (χ1) is 9.98. The molecular weight excluding hydrogens is 334 g/mol. The van der Waals surface area contributed by atoms with Gasteiger partial charge >= 0.3 is 0 Å². The van der Waals surface area contributed by atoms with Crippen LogP contribution in [0.15, 0.2) is 10.7 Å². The van der Waals surface area contributed by atoms with E-state index in [-0.39, 0.29) is 11.6 Å². The largest absolute Gasteiger partial charge is 0.383 e. The van der Waals surface area contributed by atoms with E-state index >= 15 is 0 Å². The number of rotatable bonds is 9. The number of hydrazine groups is 1. The molecule has 0 amide bonds. The number of hydrogen-bond donors (Lipinski definition) is 2. The van der Waals surface area contributed by atoms with E-state index in [0.29, 0.717) is 13.2 Å². The average Bonchev–Trinajstić information content (AvgIpc) is 2.83. The number of aromatic nitrogens is 2. The molecule has 3 N–H and O–H groups in total. The average molecular weight is 362 g/mol. The van der Waals surface area contributed by atoms with Crippen molar-refractivity contribution >= 4 is 15.9 Å². The molecule has 1 aromatic rings. The first-order valence-electron chi connectivity index (χ1n) is 7.32. The van der Waals surface area contributed by atoms with Crippen molar-refractivity contribution in [2.24, 2.45) is 5.84 Å². The third-order valence-electron chi connectivity index (χ3n) is 4.43. The Hall–Kier alpha value is -0.470. The molecule has 0 aliphatic rings. The predicted octanol–water partition coefficient (Wildman–Crippen LogP) is 1.92. The van der Waals surface area contributed by atoms with Crippen molar-refractivity contribution < 1.29 is 4.74 Å². The summed E-state index contributed by atoms with van der Waals surface area (Å²) in [4.78, 5) is 2.25. The molecule has 122 valence electrons. The quantitative estimate of drug-likeness (QED) is 0.519. The molecule has 0 aliphatic heterocycles. The van der Waals surface area contributed by atoms with E-state index in [1.165, 1.54) is 0 Å². The molecule has 1 rings (SSSR count). The van der Waals surface area contributed by atoms with E-state index in [9.17, 15) is 0 Å². The Kier molecular flexibility index (Phi) is 7.29. The fourth-order valence-electron chi connectivity index (χ4n) is 3.05. The molecule has 1 heterocycles. The Balaban J connectivity index is 3.28. The predicted molar refractivity (Wildman–Crippen MR) is 88.9 cm³/mol. The summed E-state index contributed by atoms with van der Waals surface area (Å²) >= 11 is 3.61. The number of methoxy groups -OCH3 is 1. The monoisotopic (exact) mass is 361 g/mol. The SMILES string of the molecule is CCC(CC)(C(NN)c1c(Br)cnn1CCOC)N(C)C. The van der Waals surface area contributed by atoms with Gasteiger partial charge in [-0.25, -0.2) is 5.43 Å². The topological polar surface area (TPSA) is 68.3 Å². The van der Waals surface area contributed by atoms with Crippen molar-refractivity contribution in [1.29, 1.82) is 0 Å². The number of ether oxygens (including phenoxy) is 1. The van der Waals surface area contributed by atoms with Crippen LogP contribution in [0.2, 0.25) is 0 Å². The van der Waals surface area contributed by atoms with Crippen LogP contribution in [0, 0.1) is 0 Å². The van der Waals surface area contributed by atoms with E-state index in [0.717, 1.165) is 23.0 Å². The molecule has 0 spiro atoms. The zero-order valence-corrected chi connectivity index (χ0v) is 15.3. The van der Waals surface area contributed by atoms with Crippen molar-refractivity contribution in [1.82, 2.24) is 20.1 Å². The molecule has 1 unspecified atom stereocenters. The van der Waals surface area contributed by atoms with Gasteiger partial charge in [0, 0.05) is 12.6 Å². The maximum Gasteiger partial charge on any atom is 0.0823 e. The second kappa shape index (κ2) is 8.24. The van der Waals surface area contributed by atoms with Crippen LogP contribution in [-0.2, 0) is 11.3 Å². The highest BCUT2D eigenvalue weighted by atomic mass is 79.9. The van der Waals surface area contributed by atoms with E-state index in [4.69, 9.17) is 10.6 Å². The number of nitrogens with one attached hydrogen (secondary N) is 1. The normalized spacial score (nSPS) is 13.9. The highest BCUT2D eigenvalue weighted by molar-refractivity contribution is 9.10. The summed E-state index contributed by atoms with van der Waals surface area (Å²) in [5.74, 6) is 5.94. The van der Waals surface area contributed by atoms with Crippen LogP contribution in [-0.4, -0.2) is 48.0 Å². The van der Waals surface area contributed by atoms with Crippen molar-refractivity contribution in [3.8, 4) is 0 Å². The number of halogens is 1. The highest BCUT2D eigenvalue weighted by Gasteiger charge is 2.41. The number of nitrogens with zero attached hydrogens (tertiary/aromatic N) is 3. The van der Waals surface area contributed by atoms with E-state index < -0.39 is 0 Å². The van der Waals surface area contributed by atoms with Gasteiger partial charge in [0.1, 0.15) is 0 Å². The highest BCUT2D eigenvalue weighted by Crippen LogP contribution is 2.38. The standard InChI is InChI=1S/C14H28BrN5O/c1-6-14(7-2,19(3)4)13(18-16)12-11(15)10-17-20(12)8-9-21-5/h10,13,18H,6-9,16H2,1-5H3. The lowest BCUT2D eigenvalue weighted by Crippen LogP contribution is -2.55. The third kappa shape index (κ3) is 3.65. The molecular formula is C14H28BrN5O.